The second-order valence-electron chi connectivity index (χ2n) is 9.64. The van der Waals surface area contributed by atoms with Crippen LogP contribution in [0.2, 0.25) is 0 Å². The van der Waals surface area contributed by atoms with E-state index in [1.807, 2.05) is 28.4 Å². The number of fused-ring (bicyclic) bond motifs is 3. The van der Waals surface area contributed by atoms with Crippen LogP contribution in [0.1, 0.15) is 51.0 Å². The molecule has 0 aliphatic carbocycles. The number of carbonyl (C=O) groups excluding carboxylic acids is 1. The van der Waals surface area contributed by atoms with Crippen LogP contribution in [0.15, 0.2) is 30.7 Å². The number of aromatic nitrogens is 3. The maximum absolute atomic E-state index is 13.2. The van der Waals surface area contributed by atoms with Crippen molar-refractivity contribution in [3.05, 3.63) is 36.3 Å². The van der Waals surface area contributed by atoms with Crippen molar-refractivity contribution in [3.8, 4) is 0 Å². The van der Waals surface area contributed by atoms with Gasteiger partial charge in [0.2, 0.25) is 0 Å². The Hall–Kier alpha value is -2.67. The lowest BCUT2D eigenvalue weighted by Crippen LogP contribution is -2.51. The van der Waals surface area contributed by atoms with Crippen molar-refractivity contribution < 1.29 is 9.53 Å². The zero-order valence-corrected chi connectivity index (χ0v) is 19.1. The van der Waals surface area contributed by atoms with Crippen LogP contribution >= 0.6 is 0 Å². The molecule has 2 aliphatic rings. The smallest absolute Gasteiger partial charge is 0.320 e. The highest BCUT2D eigenvalue weighted by atomic mass is 16.5. The van der Waals surface area contributed by atoms with Crippen molar-refractivity contribution in [3.63, 3.8) is 0 Å². The average molecular weight is 436 g/mol. The van der Waals surface area contributed by atoms with Crippen molar-refractivity contribution in [2.45, 2.75) is 51.6 Å². The van der Waals surface area contributed by atoms with Crippen LogP contribution in [0.4, 0.5) is 4.79 Å². The molecular formula is C25H33N5O2. The second kappa shape index (κ2) is 9.06. The lowest BCUT2D eigenvalue weighted by Gasteiger charge is -2.39. The minimum atomic E-state index is 0.174. The Labute approximate surface area is 189 Å². The molecule has 1 unspecified atom stereocenters. The zero-order valence-electron chi connectivity index (χ0n) is 19.1. The Balaban J connectivity index is 1.26. The van der Waals surface area contributed by atoms with Gasteiger partial charge in [-0.3, -0.25) is 4.98 Å². The molecule has 2 amide bonds. The number of amides is 2. The molecule has 0 bridgehead atoms. The third-order valence-corrected chi connectivity index (χ3v) is 6.84. The predicted octanol–water partition coefficient (Wildman–Crippen LogP) is 4.55. The number of urea groups is 1. The van der Waals surface area contributed by atoms with Crippen LogP contribution in [0.25, 0.3) is 21.9 Å². The molecule has 1 atom stereocenters. The van der Waals surface area contributed by atoms with E-state index in [9.17, 15) is 4.79 Å². The Kier molecular flexibility index (Phi) is 6.00. The molecule has 0 saturated carbocycles. The summed E-state index contributed by atoms with van der Waals surface area (Å²) in [6, 6.07) is 4.42. The standard InChI is InChI=1S/C25H33N5O2/c1-17(2)16-32-19-4-3-11-30(15-19)25(31)29-12-7-18(8-13-29)20-5-9-26-22-14-28-24-21(23(20)22)6-10-27-24/h5-6,9-10,14,17-19H,3-4,7-8,11-13,15-16H2,1-2H3,(H,27,28). The van der Waals surface area contributed by atoms with Gasteiger partial charge in [-0.05, 0) is 55.2 Å². The molecule has 3 aromatic rings. The summed E-state index contributed by atoms with van der Waals surface area (Å²) in [6.07, 6.45) is 9.87. The quantitative estimate of drug-likeness (QED) is 0.653. The number of hydrogen-bond acceptors (Lipinski definition) is 4. The summed E-state index contributed by atoms with van der Waals surface area (Å²) in [5.74, 6) is 0.946. The number of piperidine rings is 2. The van der Waals surface area contributed by atoms with E-state index in [0.717, 1.165) is 75.0 Å². The van der Waals surface area contributed by atoms with Gasteiger partial charge in [-0.2, -0.15) is 0 Å². The summed E-state index contributed by atoms with van der Waals surface area (Å²) < 4.78 is 6.03. The molecule has 7 heteroatoms. The van der Waals surface area contributed by atoms with E-state index in [0.29, 0.717) is 11.8 Å². The van der Waals surface area contributed by atoms with Crippen molar-refractivity contribution in [2.24, 2.45) is 5.92 Å². The number of rotatable bonds is 4. The van der Waals surface area contributed by atoms with Crippen LogP contribution in [0, 0.1) is 5.92 Å². The Morgan fingerprint density at radius 1 is 1.16 bits per heavy atom. The van der Waals surface area contributed by atoms with Crippen molar-refractivity contribution in [2.75, 3.05) is 32.8 Å². The lowest BCUT2D eigenvalue weighted by atomic mass is 9.87. The fraction of sp³-hybridized carbons (Fsp3) is 0.560. The first-order chi connectivity index (χ1) is 15.6. The van der Waals surface area contributed by atoms with Crippen molar-refractivity contribution in [1.82, 2.24) is 24.8 Å². The van der Waals surface area contributed by atoms with E-state index in [2.05, 4.69) is 40.9 Å². The molecule has 7 nitrogen and oxygen atoms in total. The van der Waals surface area contributed by atoms with Gasteiger partial charge in [0.25, 0.3) is 0 Å². The normalized spacial score (nSPS) is 20.5. The minimum absolute atomic E-state index is 0.174. The van der Waals surface area contributed by atoms with Gasteiger partial charge in [-0.1, -0.05) is 13.8 Å². The summed E-state index contributed by atoms with van der Waals surface area (Å²) in [5, 5.41) is 2.33. The Morgan fingerprint density at radius 2 is 2.00 bits per heavy atom. The molecule has 1 N–H and O–H groups in total. The number of carbonyl (C=O) groups is 1. The van der Waals surface area contributed by atoms with Crippen LogP contribution < -0.4 is 0 Å². The molecule has 2 aliphatic heterocycles. The van der Waals surface area contributed by atoms with E-state index in [1.165, 1.54) is 10.9 Å². The molecule has 2 saturated heterocycles. The number of likely N-dealkylation sites (tertiary alicyclic amines) is 2. The van der Waals surface area contributed by atoms with Crippen molar-refractivity contribution >= 4 is 28.0 Å². The Morgan fingerprint density at radius 3 is 2.81 bits per heavy atom. The maximum Gasteiger partial charge on any atom is 0.320 e. The fourth-order valence-corrected chi connectivity index (χ4v) is 5.18. The van der Waals surface area contributed by atoms with E-state index in [-0.39, 0.29) is 12.1 Å². The van der Waals surface area contributed by atoms with Gasteiger partial charge in [0.1, 0.15) is 5.65 Å². The number of H-pyrrole nitrogens is 1. The second-order valence-corrected chi connectivity index (χ2v) is 9.64. The van der Waals surface area contributed by atoms with Gasteiger partial charge in [0, 0.05) is 56.0 Å². The van der Waals surface area contributed by atoms with E-state index >= 15 is 0 Å². The number of nitrogens with one attached hydrogen (secondary N) is 1. The molecule has 5 rings (SSSR count). The minimum Gasteiger partial charge on any atom is -0.376 e. The SMILES string of the molecule is CC(C)COC1CCCN(C(=O)N2CCC(c3ccnc4cnc5[nH]ccc5c34)CC2)C1. The van der Waals surface area contributed by atoms with E-state index < -0.39 is 0 Å². The molecule has 170 valence electrons. The summed E-state index contributed by atoms with van der Waals surface area (Å²) in [5.41, 5.74) is 3.17. The molecule has 32 heavy (non-hydrogen) atoms. The Bertz CT molecular complexity index is 1090. The summed E-state index contributed by atoms with van der Waals surface area (Å²) in [6.45, 7) is 8.25. The summed E-state index contributed by atoms with van der Waals surface area (Å²) >= 11 is 0. The highest BCUT2D eigenvalue weighted by Gasteiger charge is 2.31. The fourth-order valence-electron chi connectivity index (χ4n) is 5.18. The van der Waals surface area contributed by atoms with Gasteiger partial charge in [-0.15, -0.1) is 0 Å². The van der Waals surface area contributed by atoms with Crippen LogP contribution in [-0.2, 0) is 4.74 Å². The van der Waals surface area contributed by atoms with Gasteiger partial charge in [-0.25, -0.2) is 9.78 Å². The van der Waals surface area contributed by atoms with Crippen LogP contribution in [0.3, 0.4) is 0 Å². The predicted molar refractivity (Wildman–Crippen MR) is 126 cm³/mol. The molecule has 0 radical (unpaired) electrons. The van der Waals surface area contributed by atoms with Crippen LogP contribution in [-0.4, -0.2) is 69.7 Å². The van der Waals surface area contributed by atoms with E-state index in [4.69, 9.17) is 4.74 Å². The summed E-state index contributed by atoms with van der Waals surface area (Å²) in [7, 11) is 0. The lowest BCUT2D eigenvalue weighted by molar-refractivity contribution is -0.00661. The number of pyridine rings is 2. The molecule has 0 aromatic carbocycles. The number of aromatic amines is 1. The van der Waals surface area contributed by atoms with Gasteiger partial charge >= 0.3 is 6.03 Å². The molecule has 3 aromatic heterocycles. The third-order valence-electron chi connectivity index (χ3n) is 6.84. The van der Waals surface area contributed by atoms with Crippen molar-refractivity contribution in [1.29, 1.82) is 0 Å². The van der Waals surface area contributed by atoms with Gasteiger partial charge in [0.05, 0.1) is 17.8 Å². The topological polar surface area (TPSA) is 74.3 Å². The van der Waals surface area contributed by atoms with Gasteiger partial charge in [0.15, 0.2) is 0 Å². The first-order valence-electron chi connectivity index (χ1n) is 12.0. The zero-order chi connectivity index (χ0) is 22.1. The van der Waals surface area contributed by atoms with Crippen LogP contribution in [0.5, 0.6) is 0 Å². The largest absolute Gasteiger partial charge is 0.376 e. The summed E-state index contributed by atoms with van der Waals surface area (Å²) in [4.78, 5) is 29.5. The highest BCUT2D eigenvalue weighted by Crippen LogP contribution is 2.35. The first kappa shape index (κ1) is 21.2. The highest BCUT2D eigenvalue weighted by molar-refractivity contribution is 6.05. The first-order valence-corrected chi connectivity index (χ1v) is 12.0. The molecule has 0 spiro atoms. The average Bonchev–Trinajstić information content (AvgIpc) is 3.31. The number of ether oxygens (including phenoxy) is 1. The maximum atomic E-state index is 13.2. The molecule has 2 fully saturated rings. The monoisotopic (exact) mass is 435 g/mol. The number of hydrogen-bond donors (Lipinski definition) is 1. The van der Waals surface area contributed by atoms with E-state index in [1.54, 1.807) is 0 Å². The third kappa shape index (κ3) is 4.18. The number of nitrogens with zero attached hydrogens (tertiary/aromatic N) is 4. The van der Waals surface area contributed by atoms with Gasteiger partial charge < -0.3 is 19.5 Å². The molecule has 5 heterocycles. The molecular weight excluding hydrogens is 402 g/mol.